The Labute approximate surface area is 102 Å². The van der Waals surface area contributed by atoms with Gasteiger partial charge in [0, 0.05) is 5.02 Å². The number of carboxylic acids is 1. The molecule has 0 saturated carbocycles. The highest BCUT2D eigenvalue weighted by Crippen LogP contribution is 2.23. The number of alkyl halides is 2. The van der Waals surface area contributed by atoms with Gasteiger partial charge in [-0.15, -0.1) is 0 Å². The Balaban J connectivity index is 2.60. The van der Waals surface area contributed by atoms with E-state index >= 15 is 0 Å². The van der Waals surface area contributed by atoms with Gasteiger partial charge >= 0.3 is 11.9 Å². The van der Waals surface area contributed by atoms with E-state index in [2.05, 4.69) is 0 Å². The molecule has 0 aromatic heterocycles. The van der Waals surface area contributed by atoms with Crippen LogP contribution in [0.4, 0.5) is 8.78 Å². The Kier molecular flexibility index (Phi) is 4.42. The Morgan fingerprint density at radius 2 is 2.12 bits per heavy atom. The molecule has 1 aromatic carbocycles. The zero-order valence-corrected chi connectivity index (χ0v) is 9.49. The van der Waals surface area contributed by atoms with Gasteiger partial charge < -0.3 is 10.2 Å². The van der Waals surface area contributed by atoms with Crippen LogP contribution < -0.4 is 0 Å². The van der Waals surface area contributed by atoms with Gasteiger partial charge in [0.05, 0.1) is 0 Å². The van der Waals surface area contributed by atoms with Gasteiger partial charge in [0.2, 0.25) is 0 Å². The number of benzene rings is 1. The van der Waals surface area contributed by atoms with Crippen LogP contribution in [0.2, 0.25) is 5.02 Å². The molecule has 1 aromatic rings. The third-order valence-corrected chi connectivity index (χ3v) is 2.53. The summed E-state index contributed by atoms with van der Waals surface area (Å²) in [6.07, 6.45) is -2.43. The molecule has 0 amide bonds. The lowest BCUT2D eigenvalue weighted by Crippen LogP contribution is -2.41. The summed E-state index contributed by atoms with van der Waals surface area (Å²) in [5.74, 6) is -6.45. The Morgan fingerprint density at radius 3 is 2.65 bits per heavy atom. The summed E-state index contributed by atoms with van der Waals surface area (Å²) in [7, 11) is 0. The first-order chi connectivity index (χ1) is 7.84. The number of aliphatic hydroxyl groups excluding tert-OH is 1. The van der Waals surface area contributed by atoms with Gasteiger partial charge in [0.25, 0.3) is 0 Å². The van der Waals surface area contributed by atoms with E-state index in [0.717, 1.165) is 0 Å². The van der Waals surface area contributed by atoms with Crippen molar-refractivity contribution in [1.82, 2.24) is 0 Å². The van der Waals surface area contributed by atoms with Crippen LogP contribution in [-0.4, -0.2) is 28.2 Å². The van der Waals surface area contributed by atoms with Crippen LogP contribution in [0.3, 0.4) is 0 Å². The number of aliphatic hydroxyl groups is 1. The topological polar surface area (TPSA) is 57.5 Å². The van der Waals surface area contributed by atoms with Gasteiger partial charge in [-0.25, -0.2) is 4.79 Å². The SMILES string of the molecule is O=C(O)C(F)(F)C(O)CCc1cccc(Cl)c1. The fourth-order valence-corrected chi connectivity index (χ4v) is 1.53. The summed E-state index contributed by atoms with van der Waals surface area (Å²) in [6, 6.07) is 6.53. The molecule has 3 nitrogen and oxygen atoms in total. The van der Waals surface area contributed by atoms with Crippen molar-refractivity contribution in [2.24, 2.45) is 0 Å². The summed E-state index contributed by atoms with van der Waals surface area (Å²) >= 11 is 5.70. The predicted molar refractivity (Wildman–Crippen MR) is 58.4 cm³/mol. The number of carboxylic acid groups (broad SMARTS) is 1. The zero-order valence-electron chi connectivity index (χ0n) is 8.74. The van der Waals surface area contributed by atoms with Crippen LogP contribution in [-0.2, 0) is 11.2 Å². The van der Waals surface area contributed by atoms with E-state index in [9.17, 15) is 13.6 Å². The van der Waals surface area contributed by atoms with E-state index in [1.807, 2.05) is 0 Å². The monoisotopic (exact) mass is 264 g/mol. The lowest BCUT2D eigenvalue weighted by molar-refractivity contribution is -0.182. The summed E-state index contributed by atoms with van der Waals surface area (Å²) < 4.78 is 25.7. The lowest BCUT2D eigenvalue weighted by Gasteiger charge is -2.18. The molecule has 0 radical (unpaired) electrons. The highest BCUT2D eigenvalue weighted by molar-refractivity contribution is 6.30. The second-order valence-electron chi connectivity index (χ2n) is 3.61. The van der Waals surface area contributed by atoms with Crippen molar-refractivity contribution in [2.75, 3.05) is 0 Å². The molecule has 0 fully saturated rings. The molecule has 0 bridgehead atoms. The van der Waals surface area contributed by atoms with Gasteiger partial charge in [-0.05, 0) is 30.5 Å². The number of carbonyl (C=O) groups is 1. The van der Waals surface area contributed by atoms with Crippen LogP contribution in [0, 0.1) is 0 Å². The van der Waals surface area contributed by atoms with Gasteiger partial charge in [0.1, 0.15) is 6.10 Å². The molecule has 0 aliphatic rings. The molecular formula is C11H11ClF2O3. The fourth-order valence-electron chi connectivity index (χ4n) is 1.32. The maximum absolute atomic E-state index is 12.8. The average molecular weight is 265 g/mol. The molecular weight excluding hydrogens is 254 g/mol. The molecule has 2 N–H and O–H groups in total. The minimum absolute atomic E-state index is 0.130. The minimum Gasteiger partial charge on any atom is -0.477 e. The summed E-state index contributed by atoms with van der Waals surface area (Å²) in [6.45, 7) is 0. The van der Waals surface area contributed by atoms with Gasteiger partial charge in [-0.2, -0.15) is 8.78 Å². The standard InChI is InChI=1S/C11H11ClF2O3/c12-8-3-1-2-7(6-8)4-5-9(15)11(13,14)10(16)17/h1-3,6,9,15H,4-5H2,(H,16,17). The van der Waals surface area contributed by atoms with Gasteiger partial charge in [-0.1, -0.05) is 23.7 Å². The number of hydrogen-bond acceptors (Lipinski definition) is 2. The lowest BCUT2D eigenvalue weighted by atomic mass is 10.0. The highest BCUT2D eigenvalue weighted by atomic mass is 35.5. The second-order valence-corrected chi connectivity index (χ2v) is 4.05. The summed E-state index contributed by atoms with van der Waals surface area (Å²) in [5, 5.41) is 17.8. The predicted octanol–water partition coefficient (Wildman–Crippen LogP) is 2.35. The van der Waals surface area contributed by atoms with Gasteiger partial charge in [-0.3, -0.25) is 0 Å². The largest absolute Gasteiger partial charge is 0.477 e. The molecule has 94 valence electrons. The van der Waals surface area contributed by atoms with Crippen molar-refractivity contribution in [3.63, 3.8) is 0 Å². The molecule has 1 atom stereocenters. The van der Waals surface area contributed by atoms with E-state index in [1.165, 1.54) is 0 Å². The Hall–Kier alpha value is -1.20. The molecule has 1 rings (SSSR count). The first-order valence-corrected chi connectivity index (χ1v) is 5.25. The van der Waals surface area contributed by atoms with Gasteiger partial charge in [0.15, 0.2) is 0 Å². The van der Waals surface area contributed by atoms with Crippen molar-refractivity contribution in [3.05, 3.63) is 34.9 Å². The molecule has 0 aliphatic heterocycles. The number of aliphatic carboxylic acids is 1. The van der Waals surface area contributed by atoms with Crippen molar-refractivity contribution in [1.29, 1.82) is 0 Å². The van der Waals surface area contributed by atoms with Crippen molar-refractivity contribution < 1.29 is 23.8 Å². The van der Waals surface area contributed by atoms with E-state index in [-0.39, 0.29) is 12.8 Å². The van der Waals surface area contributed by atoms with E-state index in [1.54, 1.807) is 24.3 Å². The quantitative estimate of drug-likeness (QED) is 0.858. The average Bonchev–Trinajstić information content (AvgIpc) is 2.25. The van der Waals surface area contributed by atoms with Crippen LogP contribution in [0.25, 0.3) is 0 Å². The number of hydrogen-bond donors (Lipinski definition) is 2. The molecule has 17 heavy (non-hydrogen) atoms. The smallest absolute Gasteiger partial charge is 0.377 e. The molecule has 0 spiro atoms. The van der Waals surface area contributed by atoms with Crippen LogP contribution in [0.15, 0.2) is 24.3 Å². The zero-order chi connectivity index (χ0) is 13.1. The number of aryl methyl sites for hydroxylation is 1. The third kappa shape index (κ3) is 3.64. The first-order valence-electron chi connectivity index (χ1n) is 4.87. The van der Waals surface area contributed by atoms with E-state index in [4.69, 9.17) is 21.8 Å². The highest BCUT2D eigenvalue weighted by Gasteiger charge is 2.46. The van der Waals surface area contributed by atoms with E-state index in [0.29, 0.717) is 10.6 Å². The third-order valence-electron chi connectivity index (χ3n) is 2.30. The van der Waals surface area contributed by atoms with Crippen molar-refractivity contribution in [3.8, 4) is 0 Å². The molecule has 0 aliphatic carbocycles. The molecule has 6 heteroatoms. The van der Waals surface area contributed by atoms with Crippen molar-refractivity contribution >= 4 is 17.6 Å². The maximum atomic E-state index is 12.8. The molecule has 1 unspecified atom stereocenters. The summed E-state index contributed by atoms with van der Waals surface area (Å²) in [5.41, 5.74) is 0.665. The Morgan fingerprint density at radius 1 is 1.47 bits per heavy atom. The normalized spacial score (nSPS) is 13.4. The van der Waals surface area contributed by atoms with Crippen LogP contribution >= 0.6 is 11.6 Å². The molecule has 0 saturated heterocycles. The summed E-state index contributed by atoms with van der Waals surface area (Å²) in [4.78, 5) is 10.2. The van der Waals surface area contributed by atoms with Crippen molar-refractivity contribution in [2.45, 2.75) is 24.9 Å². The minimum atomic E-state index is -4.13. The number of halogens is 3. The van der Waals surface area contributed by atoms with Crippen LogP contribution in [0.5, 0.6) is 0 Å². The van der Waals surface area contributed by atoms with E-state index < -0.39 is 18.0 Å². The van der Waals surface area contributed by atoms with Crippen LogP contribution in [0.1, 0.15) is 12.0 Å². The molecule has 0 heterocycles. The second kappa shape index (κ2) is 5.42. The Bertz CT molecular complexity index is 409. The number of rotatable bonds is 5. The first kappa shape index (κ1) is 13.9. The maximum Gasteiger partial charge on any atom is 0.377 e. The fraction of sp³-hybridized carbons (Fsp3) is 0.364.